The third-order valence-corrected chi connectivity index (χ3v) is 1.12. The van der Waals surface area contributed by atoms with Gasteiger partial charge in [-0.15, -0.1) is 4.68 Å². The van der Waals surface area contributed by atoms with Crippen molar-refractivity contribution in [3.05, 3.63) is 17.9 Å². The fourth-order valence-corrected chi connectivity index (χ4v) is 0.633. The van der Waals surface area contributed by atoms with E-state index < -0.39 is 0 Å². The van der Waals surface area contributed by atoms with Crippen LogP contribution in [-0.4, -0.2) is 20.7 Å². The fraction of sp³-hybridized carbons (Fsp3) is 0.200. The van der Waals surface area contributed by atoms with Crippen molar-refractivity contribution in [2.24, 2.45) is 5.16 Å². The zero-order valence-electron chi connectivity index (χ0n) is 5.95. The zero-order valence-corrected chi connectivity index (χ0v) is 5.95. The lowest BCUT2D eigenvalue weighted by molar-refractivity contribution is -0.606. The highest BCUT2D eigenvalue weighted by Gasteiger charge is 2.06. The number of oxime groups is 1. The lowest BCUT2D eigenvalue weighted by atomic mass is 10.4. The molecule has 0 aliphatic rings. The third-order valence-electron chi connectivity index (χ3n) is 1.12. The molecule has 62 valence electrons. The van der Waals surface area contributed by atoms with Crippen molar-refractivity contribution in [3.63, 3.8) is 0 Å². The summed E-state index contributed by atoms with van der Waals surface area (Å²) in [5.74, 6) is 0. The van der Waals surface area contributed by atoms with Crippen LogP contribution in [0.4, 0.5) is 0 Å². The Hall–Kier alpha value is -2.10. The highest BCUT2D eigenvalue weighted by molar-refractivity contribution is 5.97. The van der Waals surface area contributed by atoms with Crippen molar-refractivity contribution in [1.82, 2.24) is 9.78 Å². The van der Waals surface area contributed by atoms with E-state index in [1.54, 1.807) is 6.07 Å². The maximum absolute atomic E-state index is 10.5. The van der Waals surface area contributed by atoms with Crippen molar-refractivity contribution in [2.75, 3.05) is 0 Å². The molecule has 1 rings (SSSR count). The van der Waals surface area contributed by atoms with Crippen molar-refractivity contribution >= 4 is 5.71 Å². The van der Waals surface area contributed by atoms with Gasteiger partial charge in [-0.25, -0.2) is 0 Å². The quantitative estimate of drug-likeness (QED) is 0.198. The summed E-state index contributed by atoms with van der Waals surface area (Å²) in [4.78, 5) is 0. The van der Waals surface area contributed by atoms with Gasteiger partial charge >= 0.3 is 0 Å². The maximum Gasteiger partial charge on any atom is 0.265 e. The summed E-state index contributed by atoms with van der Waals surface area (Å²) in [5.41, 5.74) is -0.112. The number of nitriles is 1. The molecule has 1 heterocycles. The summed E-state index contributed by atoms with van der Waals surface area (Å²) in [5, 5.41) is 33.3. The number of rotatable bonds is 2. The minimum Gasteiger partial charge on any atom is -0.740 e. The Kier molecular flexibility index (Phi) is 2.23. The molecule has 0 saturated heterocycles. The molecule has 7 nitrogen and oxygen atoms in total. The molecular formula is C5H5N5O2. The van der Waals surface area contributed by atoms with Crippen LogP contribution < -0.4 is 4.73 Å². The third kappa shape index (κ3) is 1.69. The van der Waals surface area contributed by atoms with Crippen molar-refractivity contribution < 1.29 is 9.94 Å². The molecule has 0 aliphatic carbocycles. The van der Waals surface area contributed by atoms with E-state index in [4.69, 9.17) is 10.5 Å². The standard InChI is InChI=1S/C5H5N5O2/c6-1-5(8-11)2-9-4-10(12)3-7-9/h3-4,11H,2H2. The number of hydrogen-bond donors (Lipinski definition) is 1. The van der Waals surface area contributed by atoms with E-state index in [9.17, 15) is 5.21 Å². The van der Waals surface area contributed by atoms with Crippen molar-refractivity contribution in [2.45, 2.75) is 6.54 Å². The van der Waals surface area contributed by atoms with Gasteiger partial charge < -0.3 is 10.4 Å². The predicted molar refractivity (Wildman–Crippen MR) is 36.0 cm³/mol. The van der Waals surface area contributed by atoms with Crippen LogP contribution in [0.2, 0.25) is 0 Å². The lowest BCUT2D eigenvalue weighted by Gasteiger charge is -1.90. The molecule has 0 radical (unpaired) electrons. The molecule has 0 fully saturated rings. The average molecular weight is 167 g/mol. The van der Waals surface area contributed by atoms with E-state index in [2.05, 4.69) is 10.3 Å². The first kappa shape index (κ1) is 8.00. The SMILES string of the molecule is N#CC(Cn1c[n+]([O-])cn1)=NO. The Morgan fingerprint density at radius 2 is 2.67 bits per heavy atom. The molecule has 0 saturated carbocycles. The van der Waals surface area contributed by atoms with Crippen LogP contribution >= 0.6 is 0 Å². The molecular weight excluding hydrogens is 162 g/mol. The van der Waals surface area contributed by atoms with Crippen LogP contribution in [0, 0.1) is 16.5 Å². The van der Waals surface area contributed by atoms with E-state index in [1.807, 2.05) is 0 Å². The minimum atomic E-state index is -0.112. The van der Waals surface area contributed by atoms with Crippen LogP contribution in [0.15, 0.2) is 17.8 Å². The van der Waals surface area contributed by atoms with Gasteiger partial charge in [0.15, 0.2) is 12.3 Å². The van der Waals surface area contributed by atoms with Gasteiger partial charge in [-0.3, -0.25) is 4.73 Å². The Morgan fingerprint density at radius 1 is 1.92 bits per heavy atom. The number of hydrogen-bond acceptors (Lipinski definition) is 5. The van der Waals surface area contributed by atoms with Gasteiger partial charge in [0.05, 0.1) is 0 Å². The molecule has 12 heavy (non-hydrogen) atoms. The zero-order chi connectivity index (χ0) is 8.97. The molecule has 0 amide bonds. The largest absolute Gasteiger partial charge is 0.740 e. The smallest absolute Gasteiger partial charge is 0.265 e. The van der Waals surface area contributed by atoms with Gasteiger partial charge in [-0.2, -0.15) is 5.26 Å². The maximum atomic E-state index is 10.5. The first-order chi connectivity index (χ1) is 5.76. The summed E-state index contributed by atoms with van der Waals surface area (Å²) < 4.78 is 1.66. The molecule has 0 aliphatic heterocycles. The predicted octanol–water partition coefficient (Wildman–Crippen LogP) is -1.13. The Labute approximate surface area is 67.3 Å². The van der Waals surface area contributed by atoms with Crippen LogP contribution in [0.1, 0.15) is 0 Å². The summed E-state index contributed by atoms with van der Waals surface area (Å²) in [6.07, 6.45) is 2.16. The Bertz CT molecular complexity index is 336. The molecule has 0 atom stereocenters. The topological polar surface area (TPSA) is 101 Å². The molecule has 0 spiro atoms. The van der Waals surface area contributed by atoms with Crippen LogP contribution in [0.3, 0.4) is 0 Å². The van der Waals surface area contributed by atoms with Crippen molar-refractivity contribution in [3.8, 4) is 6.07 Å². The molecule has 1 N–H and O–H groups in total. The first-order valence-electron chi connectivity index (χ1n) is 2.98. The van der Waals surface area contributed by atoms with Gasteiger partial charge in [-0.1, -0.05) is 5.16 Å². The van der Waals surface area contributed by atoms with Crippen LogP contribution in [0.5, 0.6) is 0 Å². The molecule has 1 aromatic heterocycles. The Balaban J connectivity index is 2.71. The summed E-state index contributed by atoms with van der Waals surface area (Å²) in [7, 11) is 0. The monoisotopic (exact) mass is 167 g/mol. The average Bonchev–Trinajstić information content (AvgIpc) is 2.47. The molecule has 7 heteroatoms. The summed E-state index contributed by atoms with van der Waals surface area (Å²) >= 11 is 0. The fourth-order valence-electron chi connectivity index (χ4n) is 0.633. The van der Waals surface area contributed by atoms with E-state index >= 15 is 0 Å². The van der Waals surface area contributed by atoms with Gasteiger partial charge in [-0.05, 0) is 0 Å². The van der Waals surface area contributed by atoms with E-state index in [1.165, 1.54) is 4.68 Å². The second-order valence-corrected chi connectivity index (χ2v) is 1.96. The highest BCUT2D eigenvalue weighted by Crippen LogP contribution is 1.82. The first-order valence-corrected chi connectivity index (χ1v) is 2.98. The molecule has 0 bridgehead atoms. The van der Waals surface area contributed by atoms with Gasteiger partial charge in [0.25, 0.3) is 6.33 Å². The summed E-state index contributed by atoms with van der Waals surface area (Å²) in [6, 6.07) is 1.64. The lowest BCUT2D eigenvalue weighted by Crippen LogP contribution is -2.22. The van der Waals surface area contributed by atoms with Crippen LogP contribution in [-0.2, 0) is 6.54 Å². The van der Waals surface area contributed by atoms with Gasteiger partial charge in [0, 0.05) is 5.10 Å². The summed E-state index contributed by atoms with van der Waals surface area (Å²) in [6.45, 7) is -0.0117. The van der Waals surface area contributed by atoms with Gasteiger partial charge in [0.2, 0.25) is 6.33 Å². The second kappa shape index (κ2) is 3.34. The van der Waals surface area contributed by atoms with Gasteiger partial charge in [0.1, 0.15) is 6.07 Å². The van der Waals surface area contributed by atoms with E-state index in [0.717, 1.165) is 12.7 Å². The number of aromatic nitrogens is 3. The normalized spacial score (nSPS) is 11.1. The molecule has 0 unspecified atom stereocenters. The molecule has 0 aromatic carbocycles. The van der Waals surface area contributed by atoms with E-state index in [-0.39, 0.29) is 12.3 Å². The molecule has 1 aromatic rings. The minimum absolute atomic E-state index is 0.0117. The van der Waals surface area contributed by atoms with E-state index in [0.29, 0.717) is 4.73 Å². The van der Waals surface area contributed by atoms with Crippen LogP contribution in [0.25, 0.3) is 0 Å². The number of nitrogens with zero attached hydrogens (tertiary/aromatic N) is 5. The Morgan fingerprint density at radius 3 is 3.08 bits per heavy atom. The highest BCUT2D eigenvalue weighted by atomic mass is 16.5. The second-order valence-electron chi connectivity index (χ2n) is 1.96. The van der Waals surface area contributed by atoms with Crippen molar-refractivity contribution in [1.29, 1.82) is 5.26 Å².